The van der Waals surface area contributed by atoms with Crippen molar-refractivity contribution in [3.05, 3.63) is 107 Å². The minimum atomic E-state index is -0.293. The highest BCUT2D eigenvalue weighted by molar-refractivity contribution is 9.10. The SMILES string of the molecule is C=CCOc1ccc([C@@H]2Oc3ccc(Br)cc3[C@H]3CC(c4ccccc4)=NN32)cc1. The summed E-state index contributed by atoms with van der Waals surface area (Å²) in [5.41, 5.74) is 4.42. The molecule has 0 amide bonds. The van der Waals surface area contributed by atoms with Crippen LogP contribution in [0.5, 0.6) is 11.5 Å². The molecule has 2 aliphatic rings. The Morgan fingerprint density at radius 1 is 1.10 bits per heavy atom. The molecule has 0 bridgehead atoms. The molecule has 150 valence electrons. The van der Waals surface area contributed by atoms with Crippen molar-refractivity contribution >= 4 is 21.6 Å². The highest BCUT2D eigenvalue weighted by Crippen LogP contribution is 2.48. The van der Waals surface area contributed by atoms with Crippen molar-refractivity contribution in [3.63, 3.8) is 0 Å². The summed E-state index contributed by atoms with van der Waals surface area (Å²) in [5, 5.41) is 7.10. The van der Waals surface area contributed by atoms with Crippen molar-refractivity contribution < 1.29 is 9.47 Å². The molecule has 3 aromatic rings. The zero-order valence-electron chi connectivity index (χ0n) is 16.4. The Morgan fingerprint density at radius 3 is 2.67 bits per heavy atom. The molecule has 2 atom stereocenters. The normalized spacial score (nSPS) is 19.4. The van der Waals surface area contributed by atoms with Crippen molar-refractivity contribution in [1.82, 2.24) is 5.01 Å². The molecule has 0 saturated heterocycles. The Kier molecular flexibility index (Phi) is 5.05. The van der Waals surface area contributed by atoms with Crippen LogP contribution in [0.1, 0.15) is 35.4 Å². The topological polar surface area (TPSA) is 34.1 Å². The summed E-state index contributed by atoms with van der Waals surface area (Å²) >= 11 is 3.60. The molecule has 30 heavy (non-hydrogen) atoms. The van der Waals surface area contributed by atoms with Gasteiger partial charge in [0.1, 0.15) is 18.1 Å². The molecule has 4 nitrogen and oxygen atoms in total. The lowest BCUT2D eigenvalue weighted by atomic mass is 9.96. The van der Waals surface area contributed by atoms with E-state index in [0.29, 0.717) is 6.61 Å². The van der Waals surface area contributed by atoms with Crippen molar-refractivity contribution in [2.24, 2.45) is 5.10 Å². The van der Waals surface area contributed by atoms with Crippen LogP contribution in [-0.4, -0.2) is 17.3 Å². The van der Waals surface area contributed by atoms with Gasteiger partial charge in [-0.15, -0.1) is 0 Å². The second kappa shape index (κ2) is 8.00. The zero-order valence-corrected chi connectivity index (χ0v) is 18.0. The van der Waals surface area contributed by atoms with Gasteiger partial charge in [0.15, 0.2) is 0 Å². The highest BCUT2D eigenvalue weighted by atomic mass is 79.9. The van der Waals surface area contributed by atoms with Crippen LogP contribution >= 0.6 is 15.9 Å². The first-order valence-electron chi connectivity index (χ1n) is 9.94. The molecule has 0 aliphatic carbocycles. The molecular weight excluding hydrogens is 440 g/mol. The fourth-order valence-corrected chi connectivity index (χ4v) is 4.35. The molecule has 0 spiro atoms. The number of hydrazone groups is 1. The van der Waals surface area contributed by atoms with Gasteiger partial charge in [0.05, 0.1) is 11.8 Å². The third-order valence-corrected chi connectivity index (χ3v) is 5.89. The van der Waals surface area contributed by atoms with E-state index in [2.05, 4.69) is 57.8 Å². The number of rotatable bonds is 5. The minimum absolute atomic E-state index is 0.128. The maximum atomic E-state index is 6.43. The Labute approximate surface area is 184 Å². The van der Waals surface area contributed by atoms with Crippen LogP contribution in [0.3, 0.4) is 0 Å². The largest absolute Gasteiger partial charge is 0.490 e. The number of hydrogen-bond acceptors (Lipinski definition) is 4. The predicted octanol–water partition coefficient (Wildman–Crippen LogP) is 6.26. The fourth-order valence-electron chi connectivity index (χ4n) is 3.97. The van der Waals surface area contributed by atoms with Crippen LogP contribution < -0.4 is 9.47 Å². The summed E-state index contributed by atoms with van der Waals surface area (Å²) in [4.78, 5) is 0. The molecule has 3 aromatic carbocycles. The standard InChI is InChI=1S/C25H21BrN2O2/c1-2-14-29-20-11-8-18(9-12-20)25-28-23(21-15-19(26)10-13-24(21)30-25)16-22(27-28)17-6-4-3-5-7-17/h2-13,15,23,25H,1,14,16H2/t23-,25+/m1/s1. The average Bonchev–Trinajstić information content (AvgIpc) is 3.24. The first-order chi connectivity index (χ1) is 14.7. The van der Waals surface area contributed by atoms with Gasteiger partial charge >= 0.3 is 0 Å². The summed E-state index contributed by atoms with van der Waals surface area (Å²) in [6.07, 6.45) is 2.29. The number of fused-ring (bicyclic) bond motifs is 3. The molecule has 5 heteroatoms. The number of nitrogens with zero attached hydrogens (tertiary/aromatic N) is 2. The second-order valence-electron chi connectivity index (χ2n) is 7.33. The molecule has 2 heterocycles. The maximum Gasteiger partial charge on any atom is 0.213 e. The molecule has 0 fully saturated rings. The minimum Gasteiger partial charge on any atom is -0.490 e. The average molecular weight is 461 g/mol. The Balaban J connectivity index is 1.53. The van der Waals surface area contributed by atoms with E-state index in [9.17, 15) is 0 Å². The van der Waals surface area contributed by atoms with E-state index in [-0.39, 0.29) is 12.3 Å². The summed E-state index contributed by atoms with van der Waals surface area (Å²) in [6, 6.07) is 24.7. The van der Waals surface area contributed by atoms with Crippen LogP contribution in [-0.2, 0) is 0 Å². The molecule has 0 unspecified atom stereocenters. The summed E-state index contributed by atoms with van der Waals surface area (Å²) in [7, 11) is 0. The Bertz CT molecular complexity index is 1100. The van der Waals surface area contributed by atoms with E-state index in [1.165, 1.54) is 0 Å². The van der Waals surface area contributed by atoms with Gasteiger partial charge in [-0.25, -0.2) is 5.01 Å². The number of hydrogen-bond donors (Lipinski definition) is 0. The van der Waals surface area contributed by atoms with Crippen molar-refractivity contribution in [2.75, 3.05) is 6.61 Å². The van der Waals surface area contributed by atoms with E-state index in [1.807, 2.05) is 42.5 Å². The van der Waals surface area contributed by atoms with Gasteiger partial charge in [-0.2, -0.15) is 5.10 Å². The molecule has 0 saturated carbocycles. The Morgan fingerprint density at radius 2 is 1.90 bits per heavy atom. The summed E-state index contributed by atoms with van der Waals surface area (Å²) < 4.78 is 13.1. The van der Waals surface area contributed by atoms with Gasteiger partial charge in [-0.05, 0) is 48.0 Å². The van der Waals surface area contributed by atoms with Gasteiger partial charge in [-0.1, -0.05) is 58.9 Å². The monoisotopic (exact) mass is 460 g/mol. The first-order valence-corrected chi connectivity index (χ1v) is 10.7. The van der Waals surface area contributed by atoms with Gasteiger partial charge in [0.25, 0.3) is 0 Å². The van der Waals surface area contributed by atoms with Crippen LogP contribution in [0.15, 0.2) is 95.0 Å². The first kappa shape index (κ1) is 18.9. The van der Waals surface area contributed by atoms with Gasteiger partial charge in [-0.3, -0.25) is 0 Å². The lowest BCUT2D eigenvalue weighted by Crippen LogP contribution is -2.33. The van der Waals surface area contributed by atoms with Crippen LogP contribution in [0, 0.1) is 0 Å². The molecule has 5 rings (SSSR count). The predicted molar refractivity (Wildman–Crippen MR) is 122 cm³/mol. The van der Waals surface area contributed by atoms with Gasteiger partial charge < -0.3 is 9.47 Å². The van der Waals surface area contributed by atoms with Crippen LogP contribution in [0.25, 0.3) is 0 Å². The van der Waals surface area contributed by atoms with Crippen molar-refractivity contribution in [3.8, 4) is 11.5 Å². The van der Waals surface area contributed by atoms with Crippen molar-refractivity contribution in [1.29, 1.82) is 0 Å². The maximum absolute atomic E-state index is 6.43. The lowest BCUT2D eigenvalue weighted by Gasteiger charge is -2.38. The van der Waals surface area contributed by atoms with Crippen LogP contribution in [0.4, 0.5) is 0 Å². The third-order valence-electron chi connectivity index (χ3n) is 5.39. The smallest absolute Gasteiger partial charge is 0.213 e. The number of halogens is 1. The molecule has 0 aromatic heterocycles. The summed E-state index contributed by atoms with van der Waals surface area (Å²) in [6.45, 7) is 4.18. The number of ether oxygens (including phenoxy) is 2. The Hall–Kier alpha value is -3.05. The van der Waals surface area contributed by atoms with Gasteiger partial charge in [0.2, 0.25) is 6.23 Å². The van der Waals surface area contributed by atoms with Crippen LogP contribution in [0.2, 0.25) is 0 Å². The van der Waals surface area contributed by atoms with E-state index in [0.717, 1.165) is 44.8 Å². The van der Waals surface area contributed by atoms with E-state index in [4.69, 9.17) is 14.6 Å². The summed E-state index contributed by atoms with van der Waals surface area (Å²) in [5.74, 6) is 1.71. The van der Waals surface area contributed by atoms with E-state index in [1.54, 1.807) is 6.08 Å². The highest BCUT2D eigenvalue weighted by Gasteiger charge is 2.41. The molecular formula is C25H21BrN2O2. The lowest BCUT2D eigenvalue weighted by molar-refractivity contribution is -0.0191. The second-order valence-corrected chi connectivity index (χ2v) is 8.25. The van der Waals surface area contributed by atoms with E-state index < -0.39 is 0 Å². The molecule has 2 aliphatic heterocycles. The number of benzene rings is 3. The van der Waals surface area contributed by atoms with E-state index >= 15 is 0 Å². The molecule has 0 radical (unpaired) electrons. The zero-order chi connectivity index (χ0) is 20.5. The quantitative estimate of drug-likeness (QED) is 0.421. The van der Waals surface area contributed by atoms with Crippen molar-refractivity contribution in [2.45, 2.75) is 18.7 Å². The third kappa shape index (κ3) is 3.50. The molecule has 0 N–H and O–H groups in total. The fraction of sp³-hybridized carbons (Fsp3) is 0.160. The van der Waals surface area contributed by atoms with Gasteiger partial charge in [0, 0.05) is 22.0 Å².